The second-order valence-corrected chi connectivity index (χ2v) is 7.95. The lowest BCUT2D eigenvalue weighted by atomic mass is 10.1. The third-order valence-electron chi connectivity index (χ3n) is 3.99. The quantitative estimate of drug-likeness (QED) is 0.243. The first kappa shape index (κ1) is 21.7. The molecule has 8 heteroatoms. The topological polar surface area (TPSA) is 88.0 Å². The van der Waals surface area contributed by atoms with Crippen LogP contribution in [-0.2, 0) is 0 Å². The molecule has 0 aliphatic carbocycles. The van der Waals surface area contributed by atoms with Crippen molar-refractivity contribution < 1.29 is 19.4 Å². The van der Waals surface area contributed by atoms with E-state index in [0.29, 0.717) is 37.1 Å². The number of nitrogens with one attached hydrogen (secondary N) is 1. The summed E-state index contributed by atoms with van der Waals surface area (Å²) >= 11 is 6.48. The Morgan fingerprint density at radius 3 is 2.13 bits per heavy atom. The van der Waals surface area contributed by atoms with E-state index in [4.69, 9.17) is 4.74 Å². The molecule has 0 radical (unpaired) electrons. The molecule has 0 aliphatic heterocycles. The fourth-order valence-electron chi connectivity index (χ4n) is 2.51. The van der Waals surface area contributed by atoms with E-state index in [0.717, 1.165) is 0 Å². The number of hydrogen-bond donors (Lipinski definition) is 2. The lowest BCUT2D eigenvalue weighted by molar-refractivity contribution is 0.0954. The molecule has 3 aromatic carbocycles. The first-order valence-electron chi connectivity index (χ1n) is 8.74. The molecule has 0 saturated heterocycles. The van der Waals surface area contributed by atoms with Gasteiger partial charge in [0.25, 0.3) is 5.91 Å². The monoisotopic (exact) mass is 530 g/mol. The van der Waals surface area contributed by atoms with Gasteiger partial charge in [-0.25, -0.2) is 5.43 Å². The van der Waals surface area contributed by atoms with Gasteiger partial charge in [-0.2, -0.15) is 5.10 Å². The van der Waals surface area contributed by atoms with Crippen molar-refractivity contribution in [2.45, 2.75) is 6.92 Å². The number of ether oxygens (including phenoxy) is 1. The summed E-state index contributed by atoms with van der Waals surface area (Å²) in [6.07, 6.45) is 1.46. The molecule has 6 nitrogen and oxygen atoms in total. The van der Waals surface area contributed by atoms with Gasteiger partial charge in [-0.1, -0.05) is 18.2 Å². The second kappa shape index (κ2) is 9.69. The number of phenolic OH excluding ortho intramolecular Hbond substituents is 1. The zero-order chi connectivity index (χ0) is 21.7. The van der Waals surface area contributed by atoms with Gasteiger partial charge in [-0.15, -0.1) is 0 Å². The maximum Gasteiger partial charge on any atom is 0.271 e. The highest BCUT2D eigenvalue weighted by atomic mass is 79.9. The number of rotatable bonds is 6. The Hall–Kier alpha value is -2.97. The van der Waals surface area contributed by atoms with Gasteiger partial charge in [0, 0.05) is 11.1 Å². The number of hydrogen-bond acceptors (Lipinski definition) is 5. The van der Waals surface area contributed by atoms with Crippen LogP contribution in [0.4, 0.5) is 0 Å². The first-order valence-corrected chi connectivity index (χ1v) is 10.3. The van der Waals surface area contributed by atoms with Gasteiger partial charge in [0.05, 0.1) is 15.2 Å². The molecule has 0 fully saturated rings. The van der Waals surface area contributed by atoms with E-state index < -0.39 is 5.91 Å². The molecule has 0 atom stereocenters. The van der Waals surface area contributed by atoms with Gasteiger partial charge in [0.15, 0.2) is 5.78 Å². The Bertz CT molecular complexity index is 1120. The summed E-state index contributed by atoms with van der Waals surface area (Å²) in [5.41, 5.74) is 4.03. The van der Waals surface area contributed by atoms with E-state index in [9.17, 15) is 14.7 Å². The van der Waals surface area contributed by atoms with Crippen LogP contribution < -0.4 is 10.2 Å². The van der Waals surface area contributed by atoms with Crippen LogP contribution in [0.5, 0.6) is 17.2 Å². The fourth-order valence-corrected chi connectivity index (χ4v) is 3.73. The maximum absolute atomic E-state index is 12.4. The van der Waals surface area contributed by atoms with Crippen LogP contribution >= 0.6 is 31.9 Å². The number of carbonyl (C=O) groups is 2. The summed E-state index contributed by atoms with van der Waals surface area (Å²) in [5, 5.41) is 13.7. The number of benzene rings is 3. The molecule has 0 heterocycles. The van der Waals surface area contributed by atoms with E-state index in [1.165, 1.54) is 13.1 Å². The molecule has 1 amide bonds. The lowest BCUT2D eigenvalue weighted by Gasteiger charge is -2.08. The van der Waals surface area contributed by atoms with Gasteiger partial charge in [-0.3, -0.25) is 9.59 Å². The van der Waals surface area contributed by atoms with E-state index in [2.05, 4.69) is 42.4 Å². The van der Waals surface area contributed by atoms with Crippen LogP contribution in [0.3, 0.4) is 0 Å². The van der Waals surface area contributed by atoms with Crippen molar-refractivity contribution >= 4 is 49.8 Å². The largest absolute Gasteiger partial charge is 0.506 e. The van der Waals surface area contributed by atoms with Crippen LogP contribution in [0.25, 0.3) is 0 Å². The summed E-state index contributed by atoms with van der Waals surface area (Å²) in [4.78, 5) is 23.9. The number of halogens is 2. The number of aromatic hydroxyl groups is 1. The Labute approximate surface area is 189 Å². The molecule has 0 unspecified atom stereocenters. The van der Waals surface area contributed by atoms with E-state index in [1.807, 2.05) is 0 Å². The lowest BCUT2D eigenvalue weighted by Crippen LogP contribution is -2.17. The van der Waals surface area contributed by atoms with Crippen LogP contribution in [0, 0.1) is 0 Å². The zero-order valence-corrected chi connectivity index (χ0v) is 18.9. The van der Waals surface area contributed by atoms with Gasteiger partial charge in [0.1, 0.15) is 17.2 Å². The number of Topliss-reactive ketones (excluding diaryl/α,β-unsaturated/α-hetero) is 1. The van der Waals surface area contributed by atoms with E-state index in [-0.39, 0.29) is 11.5 Å². The summed E-state index contributed by atoms with van der Waals surface area (Å²) in [6.45, 7) is 1.49. The van der Waals surface area contributed by atoms with Gasteiger partial charge >= 0.3 is 0 Å². The average Bonchev–Trinajstić information content (AvgIpc) is 2.72. The fraction of sp³-hybridized carbons (Fsp3) is 0.0455. The summed E-state index contributed by atoms with van der Waals surface area (Å²) in [7, 11) is 0. The molecule has 0 saturated carbocycles. The summed E-state index contributed by atoms with van der Waals surface area (Å²) in [5.74, 6) is 0.576. The van der Waals surface area contributed by atoms with Crippen molar-refractivity contribution in [3.8, 4) is 17.2 Å². The smallest absolute Gasteiger partial charge is 0.271 e. The molecule has 2 N–H and O–H groups in total. The highest BCUT2D eigenvalue weighted by Gasteiger charge is 2.08. The van der Waals surface area contributed by atoms with Crippen molar-refractivity contribution in [1.29, 1.82) is 0 Å². The van der Waals surface area contributed by atoms with Crippen LogP contribution in [0.1, 0.15) is 33.2 Å². The predicted molar refractivity (Wildman–Crippen MR) is 122 cm³/mol. The molecular weight excluding hydrogens is 516 g/mol. The third-order valence-corrected chi connectivity index (χ3v) is 5.20. The van der Waals surface area contributed by atoms with Crippen LogP contribution in [-0.4, -0.2) is 23.0 Å². The highest BCUT2D eigenvalue weighted by Crippen LogP contribution is 2.32. The maximum atomic E-state index is 12.4. The Morgan fingerprint density at radius 2 is 1.53 bits per heavy atom. The predicted octanol–water partition coefficient (Wildman–Crippen LogP) is 5.68. The van der Waals surface area contributed by atoms with Gasteiger partial charge < -0.3 is 9.84 Å². The van der Waals surface area contributed by atoms with Crippen molar-refractivity contribution in [2.24, 2.45) is 5.10 Å². The zero-order valence-electron chi connectivity index (χ0n) is 15.7. The summed E-state index contributed by atoms with van der Waals surface area (Å²) in [6, 6.07) is 16.8. The van der Waals surface area contributed by atoms with Crippen molar-refractivity contribution in [3.05, 3.63) is 86.3 Å². The number of phenols is 1. The number of amides is 1. The molecule has 3 rings (SSSR count). The Morgan fingerprint density at radius 1 is 0.967 bits per heavy atom. The molecule has 0 bridgehead atoms. The standard InChI is InChI=1S/C22H16Br2N2O4/c1-13(27)15-4-2-6-17(10-15)30-18-7-3-5-16(11-18)22(29)26-25-12-14-8-19(23)21(28)20(24)9-14/h2-12,28H,1H3,(H,26,29). The highest BCUT2D eigenvalue weighted by molar-refractivity contribution is 9.11. The number of carbonyl (C=O) groups excluding carboxylic acids is 2. The molecule has 152 valence electrons. The first-order chi connectivity index (χ1) is 14.3. The molecule has 0 aromatic heterocycles. The van der Waals surface area contributed by atoms with Gasteiger partial charge in [-0.05, 0) is 86.8 Å². The Kier molecular flexibility index (Phi) is 7.02. The normalized spacial score (nSPS) is 10.8. The minimum absolute atomic E-state index is 0.0564. The number of ketones is 1. The van der Waals surface area contributed by atoms with Crippen LogP contribution in [0.15, 0.2) is 74.7 Å². The minimum Gasteiger partial charge on any atom is -0.506 e. The minimum atomic E-state index is -0.411. The molecule has 0 aliphatic rings. The SMILES string of the molecule is CC(=O)c1cccc(Oc2cccc(C(=O)NN=Cc3cc(Br)c(O)c(Br)c3)c2)c1. The second-order valence-electron chi connectivity index (χ2n) is 6.25. The molecule has 3 aromatic rings. The van der Waals surface area contributed by atoms with Crippen LogP contribution in [0.2, 0.25) is 0 Å². The third kappa shape index (κ3) is 5.55. The number of hydrazone groups is 1. The van der Waals surface area contributed by atoms with E-state index in [1.54, 1.807) is 60.7 Å². The van der Waals surface area contributed by atoms with Crippen molar-refractivity contribution in [1.82, 2.24) is 5.43 Å². The van der Waals surface area contributed by atoms with E-state index >= 15 is 0 Å². The van der Waals surface area contributed by atoms with Crippen molar-refractivity contribution in [3.63, 3.8) is 0 Å². The molecule has 30 heavy (non-hydrogen) atoms. The number of nitrogens with zero attached hydrogens (tertiary/aromatic N) is 1. The molecule has 0 spiro atoms. The average molecular weight is 532 g/mol. The van der Waals surface area contributed by atoms with Gasteiger partial charge in [0.2, 0.25) is 0 Å². The Balaban J connectivity index is 1.69. The summed E-state index contributed by atoms with van der Waals surface area (Å²) < 4.78 is 6.77. The molecular formula is C22H16Br2N2O4. The van der Waals surface area contributed by atoms with Crippen molar-refractivity contribution in [2.75, 3.05) is 0 Å².